The van der Waals surface area contributed by atoms with Gasteiger partial charge in [0.1, 0.15) is 0 Å². The van der Waals surface area contributed by atoms with Crippen molar-refractivity contribution in [1.29, 1.82) is 0 Å². The van der Waals surface area contributed by atoms with E-state index < -0.39 is 0 Å². The SMILES string of the molecule is CCCCOC(=O)CCCOCCOCCOCCOCCC(C)C. The molecular formula is C19H38O6. The molecule has 0 aliphatic rings. The minimum Gasteiger partial charge on any atom is -0.466 e. The maximum atomic E-state index is 11.3. The Balaban J connectivity index is 3.08. The Labute approximate surface area is 153 Å². The van der Waals surface area contributed by atoms with Crippen molar-refractivity contribution in [2.45, 2.75) is 52.9 Å². The van der Waals surface area contributed by atoms with Crippen molar-refractivity contribution < 1.29 is 28.5 Å². The van der Waals surface area contributed by atoms with Crippen LogP contribution in [0.25, 0.3) is 0 Å². The van der Waals surface area contributed by atoms with Crippen LogP contribution in [0.1, 0.15) is 52.9 Å². The molecular weight excluding hydrogens is 324 g/mol. The van der Waals surface area contributed by atoms with Crippen molar-refractivity contribution in [2.75, 3.05) is 59.5 Å². The lowest BCUT2D eigenvalue weighted by atomic mass is 10.1. The smallest absolute Gasteiger partial charge is 0.305 e. The van der Waals surface area contributed by atoms with Gasteiger partial charge in [0.25, 0.3) is 0 Å². The van der Waals surface area contributed by atoms with E-state index in [1.807, 2.05) is 0 Å². The Hall–Kier alpha value is -0.690. The summed E-state index contributed by atoms with van der Waals surface area (Å²) in [6, 6.07) is 0. The lowest BCUT2D eigenvalue weighted by molar-refractivity contribution is -0.144. The third kappa shape index (κ3) is 21.3. The highest BCUT2D eigenvalue weighted by atomic mass is 16.6. The first-order valence-corrected chi connectivity index (χ1v) is 9.63. The van der Waals surface area contributed by atoms with E-state index in [4.69, 9.17) is 23.7 Å². The molecule has 0 aromatic carbocycles. The van der Waals surface area contributed by atoms with Gasteiger partial charge >= 0.3 is 5.97 Å². The van der Waals surface area contributed by atoms with Crippen LogP contribution in [0.2, 0.25) is 0 Å². The quantitative estimate of drug-likeness (QED) is 0.260. The minimum absolute atomic E-state index is 0.140. The number of carbonyl (C=O) groups is 1. The van der Waals surface area contributed by atoms with Gasteiger partial charge in [-0.05, 0) is 25.2 Å². The van der Waals surface area contributed by atoms with Crippen LogP contribution < -0.4 is 0 Å². The van der Waals surface area contributed by atoms with Crippen molar-refractivity contribution in [1.82, 2.24) is 0 Å². The molecule has 25 heavy (non-hydrogen) atoms. The van der Waals surface area contributed by atoms with Crippen LogP contribution in [0.4, 0.5) is 0 Å². The molecule has 0 amide bonds. The van der Waals surface area contributed by atoms with E-state index in [9.17, 15) is 4.79 Å². The monoisotopic (exact) mass is 362 g/mol. The number of carbonyl (C=O) groups excluding carboxylic acids is 1. The zero-order valence-corrected chi connectivity index (χ0v) is 16.4. The molecule has 0 unspecified atom stereocenters. The van der Waals surface area contributed by atoms with E-state index in [2.05, 4.69) is 20.8 Å². The summed E-state index contributed by atoms with van der Waals surface area (Å²) in [6.07, 6.45) is 4.15. The van der Waals surface area contributed by atoms with Gasteiger partial charge in [-0.15, -0.1) is 0 Å². The topological polar surface area (TPSA) is 63.2 Å². The Morgan fingerprint density at radius 1 is 0.720 bits per heavy atom. The number of unbranched alkanes of at least 4 members (excludes halogenated alkanes) is 1. The van der Waals surface area contributed by atoms with Crippen LogP contribution in [0, 0.1) is 5.92 Å². The van der Waals surface area contributed by atoms with Gasteiger partial charge in [-0.2, -0.15) is 0 Å². The normalized spacial score (nSPS) is 11.2. The van der Waals surface area contributed by atoms with Gasteiger partial charge in [0.2, 0.25) is 0 Å². The fourth-order valence-electron chi connectivity index (χ4n) is 1.80. The Morgan fingerprint density at radius 3 is 1.76 bits per heavy atom. The maximum Gasteiger partial charge on any atom is 0.305 e. The molecule has 0 N–H and O–H groups in total. The lowest BCUT2D eigenvalue weighted by Gasteiger charge is -2.08. The predicted molar refractivity (Wildman–Crippen MR) is 97.8 cm³/mol. The minimum atomic E-state index is -0.140. The summed E-state index contributed by atoms with van der Waals surface area (Å²) in [5.74, 6) is 0.537. The Kier molecular flexibility index (Phi) is 19.1. The third-order valence-electron chi connectivity index (χ3n) is 3.39. The molecule has 0 saturated carbocycles. The summed E-state index contributed by atoms with van der Waals surface area (Å²) in [5.41, 5.74) is 0. The molecule has 0 bridgehead atoms. The number of ether oxygens (including phenoxy) is 5. The Bertz CT molecular complexity index is 283. The first-order chi connectivity index (χ1) is 12.2. The van der Waals surface area contributed by atoms with Crippen molar-refractivity contribution in [3.05, 3.63) is 0 Å². The van der Waals surface area contributed by atoms with Crippen molar-refractivity contribution >= 4 is 5.97 Å². The standard InChI is InChI=1S/C19H38O6/c1-4-5-10-25-19(20)7-6-9-21-12-14-23-16-17-24-15-13-22-11-8-18(2)3/h18H,4-17H2,1-3H3. The summed E-state index contributed by atoms with van der Waals surface area (Å²) < 4.78 is 26.7. The maximum absolute atomic E-state index is 11.3. The van der Waals surface area contributed by atoms with Gasteiger partial charge in [0, 0.05) is 19.6 Å². The molecule has 0 spiro atoms. The van der Waals surface area contributed by atoms with E-state index in [-0.39, 0.29) is 5.97 Å². The third-order valence-corrected chi connectivity index (χ3v) is 3.39. The molecule has 0 aromatic heterocycles. The average Bonchev–Trinajstić information content (AvgIpc) is 2.58. The molecule has 6 heteroatoms. The molecule has 0 aromatic rings. The van der Waals surface area contributed by atoms with Gasteiger partial charge in [-0.25, -0.2) is 0 Å². The molecule has 0 aliphatic heterocycles. The van der Waals surface area contributed by atoms with Gasteiger partial charge in [0.15, 0.2) is 0 Å². The molecule has 6 nitrogen and oxygen atoms in total. The van der Waals surface area contributed by atoms with Crippen LogP contribution in [0.5, 0.6) is 0 Å². The zero-order chi connectivity index (χ0) is 18.6. The largest absolute Gasteiger partial charge is 0.466 e. The highest BCUT2D eigenvalue weighted by Gasteiger charge is 2.02. The molecule has 150 valence electrons. The van der Waals surface area contributed by atoms with E-state index in [0.29, 0.717) is 71.6 Å². The van der Waals surface area contributed by atoms with Crippen molar-refractivity contribution in [3.8, 4) is 0 Å². The summed E-state index contributed by atoms with van der Waals surface area (Å²) in [5, 5.41) is 0. The number of rotatable bonds is 19. The summed E-state index contributed by atoms with van der Waals surface area (Å²) >= 11 is 0. The molecule has 0 fully saturated rings. The summed E-state index contributed by atoms with van der Waals surface area (Å²) in [6.45, 7) is 11.7. The second-order valence-corrected chi connectivity index (χ2v) is 6.31. The van der Waals surface area contributed by atoms with Crippen molar-refractivity contribution in [2.24, 2.45) is 5.92 Å². The molecule has 0 aliphatic carbocycles. The lowest BCUT2D eigenvalue weighted by Crippen LogP contribution is -2.13. The second-order valence-electron chi connectivity index (χ2n) is 6.31. The molecule has 0 radical (unpaired) electrons. The fraction of sp³-hybridized carbons (Fsp3) is 0.947. The second kappa shape index (κ2) is 19.6. The van der Waals surface area contributed by atoms with E-state index in [1.165, 1.54) is 0 Å². The average molecular weight is 363 g/mol. The van der Waals surface area contributed by atoms with E-state index in [0.717, 1.165) is 25.9 Å². The van der Waals surface area contributed by atoms with Crippen LogP contribution in [0.3, 0.4) is 0 Å². The molecule has 0 saturated heterocycles. The van der Waals surface area contributed by atoms with E-state index in [1.54, 1.807) is 0 Å². The highest BCUT2D eigenvalue weighted by Crippen LogP contribution is 1.98. The van der Waals surface area contributed by atoms with Crippen LogP contribution in [-0.4, -0.2) is 65.4 Å². The summed E-state index contributed by atoms with van der Waals surface area (Å²) in [7, 11) is 0. The van der Waals surface area contributed by atoms with Crippen molar-refractivity contribution in [3.63, 3.8) is 0 Å². The van der Waals surface area contributed by atoms with Gasteiger partial charge < -0.3 is 23.7 Å². The zero-order valence-electron chi connectivity index (χ0n) is 16.4. The van der Waals surface area contributed by atoms with Gasteiger partial charge in [-0.3, -0.25) is 4.79 Å². The molecule has 0 heterocycles. The van der Waals surface area contributed by atoms with E-state index >= 15 is 0 Å². The number of esters is 1. The van der Waals surface area contributed by atoms with Crippen LogP contribution in [0.15, 0.2) is 0 Å². The number of hydrogen-bond donors (Lipinski definition) is 0. The van der Waals surface area contributed by atoms with Gasteiger partial charge in [-0.1, -0.05) is 27.2 Å². The van der Waals surface area contributed by atoms with Gasteiger partial charge in [0.05, 0.1) is 46.2 Å². The first kappa shape index (κ1) is 24.3. The number of hydrogen-bond acceptors (Lipinski definition) is 6. The van der Waals surface area contributed by atoms with Crippen LogP contribution >= 0.6 is 0 Å². The fourth-order valence-corrected chi connectivity index (χ4v) is 1.80. The van der Waals surface area contributed by atoms with Crippen LogP contribution in [-0.2, 0) is 28.5 Å². The first-order valence-electron chi connectivity index (χ1n) is 9.63. The molecule has 0 rings (SSSR count). The Morgan fingerprint density at radius 2 is 1.24 bits per heavy atom. The molecule has 0 atom stereocenters. The highest BCUT2D eigenvalue weighted by molar-refractivity contribution is 5.69. The summed E-state index contributed by atoms with van der Waals surface area (Å²) in [4.78, 5) is 11.3. The predicted octanol–water partition coefficient (Wildman–Crippen LogP) is 3.22.